The van der Waals surface area contributed by atoms with Gasteiger partial charge < -0.3 is 10.4 Å². The highest BCUT2D eigenvalue weighted by Gasteiger charge is 2.20. The van der Waals surface area contributed by atoms with Crippen molar-refractivity contribution in [2.75, 3.05) is 5.32 Å². The van der Waals surface area contributed by atoms with E-state index in [-0.39, 0.29) is 18.1 Å². The van der Waals surface area contributed by atoms with Crippen molar-refractivity contribution in [1.29, 1.82) is 0 Å². The van der Waals surface area contributed by atoms with Gasteiger partial charge in [-0.3, -0.25) is 10.1 Å². The minimum atomic E-state index is -0.770. The number of rotatable bonds is 5. The van der Waals surface area contributed by atoms with Crippen LogP contribution in [0.15, 0.2) is 42.5 Å². The lowest BCUT2D eigenvalue weighted by molar-refractivity contribution is -0.383. The Kier molecular flexibility index (Phi) is 5.54. The van der Waals surface area contributed by atoms with Gasteiger partial charge in [-0.15, -0.1) is 12.4 Å². The van der Waals surface area contributed by atoms with Crippen LogP contribution >= 0.6 is 12.4 Å². The predicted octanol–water partition coefficient (Wildman–Crippen LogP) is 4.25. The largest absolute Gasteiger partial charge is 0.374 e. The molecule has 0 amide bonds. The summed E-state index contributed by atoms with van der Waals surface area (Å²) in [6.07, 6.45) is 0.588. The lowest BCUT2D eigenvalue weighted by atomic mass is 10.1. The summed E-state index contributed by atoms with van der Waals surface area (Å²) in [6, 6.07) is 12.2. The number of aromatic nitrogens is 1. The van der Waals surface area contributed by atoms with Gasteiger partial charge in [-0.05, 0) is 18.6 Å². The van der Waals surface area contributed by atoms with Crippen molar-refractivity contribution in [3.63, 3.8) is 0 Å². The van der Waals surface area contributed by atoms with Crippen molar-refractivity contribution in [1.82, 2.24) is 4.98 Å². The number of para-hydroxylation sites is 1. The molecule has 0 fully saturated rings. The van der Waals surface area contributed by atoms with Crippen LogP contribution in [0.25, 0.3) is 21.8 Å². The highest BCUT2D eigenvalue weighted by atomic mass is 35.5. The number of benzene rings is 2. The number of anilines is 1. The molecule has 0 bridgehead atoms. The first-order valence-electron chi connectivity index (χ1n) is 7.52. The maximum atomic E-state index is 11.4. The molecule has 0 spiro atoms. The summed E-state index contributed by atoms with van der Waals surface area (Å²) in [5, 5.41) is 25.8. The molecule has 0 aliphatic heterocycles. The molecule has 7 heteroatoms. The van der Waals surface area contributed by atoms with Crippen LogP contribution in [-0.4, -0.2) is 21.2 Å². The third-order valence-electron chi connectivity index (χ3n) is 3.75. The van der Waals surface area contributed by atoms with E-state index in [1.54, 1.807) is 12.1 Å². The van der Waals surface area contributed by atoms with E-state index in [1.165, 1.54) is 6.07 Å². The maximum Gasteiger partial charge on any atom is 0.280 e. The summed E-state index contributed by atoms with van der Waals surface area (Å²) >= 11 is 0. The molecule has 3 aromatic rings. The Morgan fingerprint density at radius 3 is 2.62 bits per heavy atom. The SMILES string of the molecule is CCCC(O)Nc1c2ccccc2nc2cccc([N+](=O)[O-])c12.Cl. The minimum Gasteiger partial charge on any atom is -0.374 e. The Labute approximate surface area is 145 Å². The fourth-order valence-corrected chi connectivity index (χ4v) is 2.74. The first-order chi connectivity index (χ1) is 11.1. The summed E-state index contributed by atoms with van der Waals surface area (Å²) in [5.74, 6) is 0. The minimum absolute atomic E-state index is 0. The molecule has 0 saturated heterocycles. The van der Waals surface area contributed by atoms with Gasteiger partial charge in [-0.25, -0.2) is 4.98 Å². The lowest BCUT2D eigenvalue weighted by Crippen LogP contribution is -2.18. The predicted molar refractivity (Wildman–Crippen MR) is 97.7 cm³/mol. The van der Waals surface area contributed by atoms with Gasteiger partial charge in [0.25, 0.3) is 5.69 Å². The molecule has 0 radical (unpaired) electrons. The van der Waals surface area contributed by atoms with E-state index in [2.05, 4.69) is 10.3 Å². The molecule has 1 unspecified atom stereocenters. The van der Waals surface area contributed by atoms with Gasteiger partial charge in [-0.1, -0.05) is 37.6 Å². The zero-order valence-corrected chi connectivity index (χ0v) is 13.9. The van der Waals surface area contributed by atoms with Crippen LogP contribution in [0, 0.1) is 10.1 Å². The first kappa shape index (κ1) is 17.9. The van der Waals surface area contributed by atoms with Gasteiger partial charge in [0.2, 0.25) is 0 Å². The van der Waals surface area contributed by atoms with Crippen molar-refractivity contribution in [3.8, 4) is 0 Å². The Morgan fingerprint density at radius 1 is 1.21 bits per heavy atom. The fourth-order valence-electron chi connectivity index (χ4n) is 2.74. The van der Waals surface area contributed by atoms with Gasteiger partial charge in [0, 0.05) is 11.5 Å². The average Bonchev–Trinajstić information content (AvgIpc) is 2.54. The second-order valence-electron chi connectivity index (χ2n) is 5.38. The second-order valence-corrected chi connectivity index (χ2v) is 5.38. The van der Waals surface area contributed by atoms with Crippen LogP contribution in [-0.2, 0) is 0 Å². The van der Waals surface area contributed by atoms with E-state index in [0.717, 1.165) is 17.3 Å². The van der Waals surface area contributed by atoms with Gasteiger partial charge in [-0.2, -0.15) is 0 Å². The lowest BCUT2D eigenvalue weighted by Gasteiger charge is -2.17. The molecule has 1 heterocycles. The highest BCUT2D eigenvalue weighted by molar-refractivity contribution is 6.11. The van der Waals surface area contributed by atoms with Crippen molar-refractivity contribution in [3.05, 3.63) is 52.6 Å². The van der Waals surface area contributed by atoms with Crippen LogP contribution < -0.4 is 5.32 Å². The van der Waals surface area contributed by atoms with E-state index in [0.29, 0.717) is 23.0 Å². The number of halogens is 1. The third-order valence-corrected chi connectivity index (χ3v) is 3.75. The normalized spacial score (nSPS) is 11.9. The standard InChI is InChI=1S/C17H17N3O3.ClH/c1-2-6-15(21)19-17-11-7-3-4-8-12(11)18-13-9-5-10-14(16(13)17)20(22)23;/h3-5,7-10,15,21H,2,6H2,1H3,(H,18,19);1H. The van der Waals surface area contributed by atoms with E-state index in [1.807, 2.05) is 31.2 Å². The molecule has 24 heavy (non-hydrogen) atoms. The monoisotopic (exact) mass is 347 g/mol. The summed E-state index contributed by atoms with van der Waals surface area (Å²) < 4.78 is 0. The molecule has 126 valence electrons. The van der Waals surface area contributed by atoms with Gasteiger partial charge in [0.1, 0.15) is 11.6 Å². The molecule has 0 aliphatic carbocycles. The summed E-state index contributed by atoms with van der Waals surface area (Å²) in [4.78, 5) is 15.5. The van der Waals surface area contributed by atoms with Crippen molar-refractivity contribution in [2.45, 2.75) is 26.0 Å². The number of nitro benzene ring substituents is 1. The molecule has 0 saturated carbocycles. The quantitative estimate of drug-likeness (QED) is 0.312. The number of nitrogens with zero attached hydrogens (tertiary/aromatic N) is 2. The van der Waals surface area contributed by atoms with Gasteiger partial charge in [0.05, 0.1) is 21.6 Å². The number of nitrogens with one attached hydrogen (secondary N) is 1. The third kappa shape index (κ3) is 3.25. The molecule has 1 aromatic heterocycles. The van der Waals surface area contributed by atoms with E-state index in [9.17, 15) is 15.2 Å². The smallest absolute Gasteiger partial charge is 0.280 e. The zero-order chi connectivity index (χ0) is 16.4. The molecule has 0 aliphatic rings. The Bertz CT molecular complexity index is 885. The van der Waals surface area contributed by atoms with E-state index in [4.69, 9.17) is 0 Å². The number of pyridine rings is 1. The van der Waals surface area contributed by atoms with Crippen LogP contribution in [0.3, 0.4) is 0 Å². The molecular formula is C17H18ClN3O3. The fraction of sp³-hybridized carbons (Fsp3) is 0.235. The Morgan fingerprint density at radius 2 is 1.92 bits per heavy atom. The number of aliphatic hydroxyl groups excluding tert-OH is 1. The van der Waals surface area contributed by atoms with Crippen LogP contribution in [0.2, 0.25) is 0 Å². The van der Waals surface area contributed by atoms with Gasteiger partial charge >= 0.3 is 0 Å². The van der Waals surface area contributed by atoms with E-state index < -0.39 is 11.2 Å². The van der Waals surface area contributed by atoms with E-state index >= 15 is 0 Å². The number of fused-ring (bicyclic) bond motifs is 2. The zero-order valence-electron chi connectivity index (χ0n) is 13.1. The van der Waals surface area contributed by atoms with Crippen molar-refractivity contribution >= 4 is 45.6 Å². The Hall–Kier alpha value is -2.44. The number of hydrogen-bond acceptors (Lipinski definition) is 5. The molecule has 3 rings (SSSR count). The summed E-state index contributed by atoms with van der Waals surface area (Å²) in [6.45, 7) is 1.97. The van der Waals surface area contributed by atoms with Crippen molar-refractivity contribution in [2.24, 2.45) is 0 Å². The first-order valence-corrected chi connectivity index (χ1v) is 7.52. The molecule has 2 aromatic carbocycles. The van der Waals surface area contributed by atoms with Crippen LogP contribution in [0.5, 0.6) is 0 Å². The molecule has 6 nitrogen and oxygen atoms in total. The molecular weight excluding hydrogens is 330 g/mol. The van der Waals surface area contributed by atoms with Crippen LogP contribution in [0.1, 0.15) is 19.8 Å². The van der Waals surface area contributed by atoms with Gasteiger partial charge in [0.15, 0.2) is 0 Å². The topological polar surface area (TPSA) is 88.3 Å². The molecule has 1 atom stereocenters. The van der Waals surface area contributed by atoms with Crippen LogP contribution in [0.4, 0.5) is 11.4 Å². The van der Waals surface area contributed by atoms with Crippen molar-refractivity contribution < 1.29 is 10.0 Å². The second kappa shape index (κ2) is 7.42. The average molecular weight is 348 g/mol. The number of hydrogen-bond donors (Lipinski definition) is 2. The number of aliphatic hydroxyl groups is 1. The number of non-ortho nitro benzene ring substituents is 1. The number of nitro groups is 1. The Balaban J connectivity index is 0.00000208. The molecule has 2 N–H and O–H groups in total. The summed E-state index contributed by atoms with van der Waals surface area (Å²) in [5.41, 5.74) is 1.79. The summed E-state index contributed by atoms with van der Waals surface area (Å²) in [7, 11) is 0. The maximum absolute atomic E-state index is 11.4. The highest BCUT2D eigenvalue weighted by Crippen LogP contribution is 2.36.